The third-order valence-corrected chi connectivity index (χ3v) is 8.58. The lowest BCUT2D eigenvalue weighted by Crippen LogP contribution is -2.48. The maximum atomic E-state index is 13.3. The Morgan fingerprint density at radius 1 is 0.828 bits per heavy atom. The van der Waals surface area contributed by atoms with E-state index in [1.807, 2.05) is 0 Å². The van der Waals surface area contributed by atoms with Gasteiger partial charge < -0.3 is 9.45 Å². The van der Waals surface area contributed by atoms with Gasteiger partial charge in [-0.25, -0.2) is 0 Å². The summed E-state index contributed by atoms with van der Waals surface area (Å²) in [5.74, 6) is 0.715. The molecule has 29 heavy (non-hydrogen) atoms. The van der Waals surface area contributed by atoms with Crippen molar-refractivity contribution in [1.82, 2.24) is 9.21 Å². The Morgan fingerprint density at radius 2 is 1.41 bits per heavy atom. The molecule has 0 aromatic heterocycles. The molecule has 0 unspecified atom stereocenters. The van der Waals surface area contributed by atoms with Gasteiger partial charge in [-0.05, 0) is 71.0 Å². The van der Waals surface area contributed by atoms with Crippen molar-refractivity contribution in [1.29, 1.82) is 0 Å². The van der Waals surface area contributed by atoms with Crippen LogP contribution in [-0.4, -0.2) is 46.0 Å². The average Bonchev–Trinajstić information content (AvgIpc) is 2.74. The van der Waals surface area contributed by atoms with Crippen LogP contribution in [0.15, 0.2) is 47.4 Å². The second-order valence-corrected chi connectivity index (χ2v) is 10.3. The lowest BCUT2D eigenvalue weighted by atomic mass is 9.88. The molecule has 1 atom stereocenters. The van der Waals surface area contributed by atoms with Crippen molar-refractivity contribution in [3.8, 4) is 0 Å². The van der Waals surface area contributed by atoms with Crippen LogP contribution in [0.4, 0.5) is 0 Å². The zero-order valence-corrected chi connectivity index (χ0v) is 18.9. The van der Waals surface area contributed by atoms with E-state index in [4.69, 9.17) is 0 Å². The molecule has 2 aromatic rings. The first-order chi connectivity index (χ1) is 14.0. The summed E-state index contributed by atoms with van der Waals surface area (Å²) in [4.78, 5) is 3.72. The zero-order valence-electron chi connectivity index (χ0n) is 18.1. The Morgan fingerprint density at radius 3 is 2.00 bits per heavy atom. The quantitative estimate of drug-likeness (QED) is 0.666. The molecule has 4 heteroatoms. The van der Waals surface area contributed by atoms with E-state index < -0.39 is 11.4 Å². The van der Waals surface area contributed by atoms with Crippen molar-refractivity contribution in [2.45, 2.75) is 63.3 Å². The van der Waals surface area contributed by atoms with Crippen LogP contribution in [0.1, 0.15) is 53.9 Å². The summed E-state index contributed by atoms with van der Waals surface area (Å²) >= 11 is -1.04. The van der Waals surface area contributed by atoms with E-state index in [-0.39, 0.29) is 0 Å². The van der Waals surface area contributed by atoms with E-state index >= 15 is 0 Å². The fourth-order valence-corrected chi connectivity index (χ4v) is 6.74. The number of likely N-dealkylation sites (tertiary alicyclic amines) is 1. The average molecular weight is 411 g/mol. The maximum Gasteiger partial charge on any atom is 0.179 e. The van der Waals surface area contributed by atoms with Gasteiger partial charge in [-0.15, -0.1) is 4.31 Å². The fraction of sp³-hybridized carbons (Fsp3) is 0.520. The summed E-state index contributed by atoms with van der Waals surface area (Å²) in [5, 5.41) is 0. The largest absolute Gasteiger partial charge is 0.593 e. The Bertz CT molecular complexity index is 786. The number of aryl methyl sites for hydroxylation is 3. The van der Waals surface area contributed by atoms with Crippen LogP contribution in [0.2, 0.25) is 0 Å². The molecular formula is C25H34N2OS. The van der Waals surface area contributed by atoms with E-state index in [1.54, 1.807) is 0 Å². The normalized spacial score (nSPS) is 21.4. The van der Waals surface area contributed by atoms with Gasteiger partial charge in [0.15, 0.2) is 4.90 Å². The van der Waals surface area contributed by atoms with Crippen LogP contribution in [0.25, 0.3) is 0 Å². The SMILES string of the molecule is Cc1cc(C)c([S@+]([O-])N2CCC(N3CCC(c4ccccc4)CC3)CC2)c(C)c1. The van der Waals surface area contributed by atoms with Crippen LogP contribution >= 0.6 is 0 Å². The summed E-state index contributed by atoms with van der Waals surface area (Å²) < 4.78 is 15.5. The Hall–Kier alpha value is -1.33. The molecule has 0 radical (unpaired) electrons. The molecule has 2 fully saturated rings. The maximum absolute atomic E-state index is 13.3. The van der Waals surface area contributed by atoms with E-state index in [0.29, 0.717) is 12.0 Å². The summed E-state index contributed by atoms with van der Waals surface area (Å²) in [7, 11) is 0. The van der Waals surface area contributed by atoms with E-state index in [9.17, 15) is 4.55 Å². The molecule has 3 nitrogen and oxygen atoms in total. The molecule has 2 heterocycles. The molecule has 0 bridgehead atoms. The first-order valence-electron chi connectivity index (χ1n) is 11.1. The highest BCUT2D eigenvalue weighted by Crippen LogP contribution is 2.32. The number of rotatable bonds is 4. The van der Waals surface area contributed by atoms with Crippen LogP contribution in [0.5, 0.6) is 0 Å². The Labute approximate surface area is 179 Å². The van der Waals surface area contributed by atoms with Gasteiger partial charge in [0.1, 0.15) is 0 Å². The summed E-state index contributed by atoms with van der Waals surface area (Å²) in [5.41, 5.74) is 5.07. The first-order valence-corrected chi connectivity index (χ1v) is 12.2. The number of hydrogen-bond donors (Lipinski definition) is 0. The lowest BCUT2D eigenvalue weighted by Gasteiger charge is -2.41. The van der Waals surface area contributed by atoms with Gasteiger partial charge in [-0.3, -0.25) is 0 Å². The molecule has 2 aromatic carbocycles. The molecule has 0 spiro atoms. The smallest absolute Gasteiger partial charge is 0.179 e. The van der Waals surface area contributed by atoms with Gasteiger partial charge in [0.05, 0.1) is 11.4 Å². The van der Waals surface area contributed by atoms with Crippen molar-refractivity contribution >= 4 is 11.4 Å². The summed E-state index contributed by atoms with van der Waals surface area (Å²) in [6.45, 7) is 10.6. The number of benzene rings is 2. The molecule has 0 amide bonds. The Kier molecular flexibility index (Phi) is 6.65. The predicted octanol–water partition coefficient (Wildman–Crippen LogP) is 4.98. The van der Waals surface area contributed by atoms with Crippen molar-refractivity contribution in [2.75, 3.05) is 26.2 Å². The number of piperidine rings is 2. The van der Waals surface area contributed by atoms with Crippen LogP contribution < -0.4 is 0 Å². The van der Waals surface area contributed by atoms with Gasteiger partial charge in [0.25, 0.3) is 0 Å². The topological polar surface area (TPSA) is 29.5 Å². The zero-order chi connectivity index (χ0) is 20.4. The molecule has 0 N–H and O–H groups in total. The minimum absolute atomic E-state index is 0.653. The van der Waals surface area contributed by atoms with Crippen molar-refractivity contribution in [3.63, 3.8) is 0 Å². The summed E-state index contributed by atoms with van der Waals surface area (Å²) in [6, 6.07) is 16.0. The highest BCUT2D eigenvalue weighted by molar-refractivity contribution is 7.89. The second-order valence-electron chi connectivity index (χ2n) is 8.86. The molecule has 2 aliphatic rings. The molecule has 156 valence electrons. The molecule has 4 rings (SSSR count). The van der Waals surface area contributed by atoms with Gasteiger partial charge in [0, 0.05) is 30.3 Å². The lowest BCUT2D eigenvalue weighted by molar-refractivity contribution is 0.110. The van der Waals surface area contributed by atoms with Gasteiger partial charge in [-0.2, -0.15) is 0 Å². The van der Waals surface area contributed by atoms with Crippen molar-refractivity contribution in [2.24, 2.45) is 0 Å². The minimum Gasteiger partial charge on any atom is -0.593 e. The van der Waals surface area contributed by atoms with Crippen LogP contribution in [-0.2, 0) is 11.4 Å². The van der Waals surface area contributed by atoms with Gasteiger partial charge in [0.2, 0.25) is 0 Å². The van der Waals surface area contributed by atoms with Gasteiger partial charge >= 0.3 is 0 Å². The highest BCUT2D eigenvalue weighted by Gasteiger charge is 2.34. The molecule has 2 saturated heterocycles. The molecule has 2 aliphatic heterocycles. The number of hydrogen-bond acceptors (Lipinski definition) is 3. The standard InChI is InChI=1S/C25H34N2OS/c1-19-17-20(2)25(21(3)18-19)29(28)27-15-11-24(12-16-27)26-13-9-23(10-14-26)22-7-5-4-6-8-22/h4-8,17-18,23-24H,9-16H2,1-3H3/t29-/m0/s1. The monoisotopic (exact) mass is 410 g/mol. The second kappa shape index (κ2) is 9.22. The number of nitrogens with zero attached hydrogens (tertiary/aromatic N) is 2. The third kappa shape index (κ3) is 4.72. The predicted molar refractivity (Wildman–Crippen MR) is 122 cm³/mol. The van der Waals surface area contributed by atoms with Crippen LogP contribution in [0.3, 0.4) is 0 Å². The van der Waals surface area contributed by atoms with Gasteiger partial charge in [-0.1, -0.05) is 48.0 Å². The highest BCUT2D eigenvalue weighted by atomic mass is 32.2. The van der Waals surface area contributed by atoms with E-state index in [1.165, 1.54) is 37.1 Å². The van der Waals surface area contributed by atoms with Crippen LogP contribution in [0, 0.1) is 20.8 Å². The van der Waals surface area contributed by atoms with Crippen molar-refractivity contribution in [3.05, 3.63) is 64.7 Å². The van der Waals surface area contributed by atoms with E-state index in [0.717, 1.165) is 42.0 Å². The molecular weight excluding hydrogens is 376 g/mol. The first kappa shape index (κ1) is 20.9. The molecule has 0 aliphatic carbocycles. The fourth-order valence-electron chi connectivity index (χ4n) is 5.27. The van der Waals surface area contributed by atoms with E-state index in [2.05, 4.69) is 72.4 Å². The third-order valence-electron chi connectivity index (χ3n) is 6.75. The summed E-state index contributed by atoms with van der Waals surface area (Å²) in [6.07, 6.45) is 4.78. The Balaban J connectivity index is 1.31. The van der Waals surface area contributed by atoms with Crippen molar-refractivity contribution < 1.29 is 4.55 Å². The minimum atomic E-state index is -1.04. The molecule has 0 saturated carbocycles.